The van der Waals surface area contributed by atoms with Crippen molar-refractivity contribution in [2.75, 3.05) is 155 Å². The maximum Gasteiger partial charge on any atom is 0.354 e. The molecule has 2 aromatic heterocycles. The number of aryl methyl sites for hydroxylation is 1. The molecule has 80 heavy (non-hydrogen) atoms. The van der Waals surface area contributed by atoms with E-state index >= 15 is 0 Å². The van der Waals surface area contributed by atoms with Gasteiger partial charge in [-0.2, -0.15) is 0 Å². The summed E-state index contributed by atoms with van der Waals surface area (Å²) in [4.78, 5) is 64.0. The van der Waals surface area contributed by atoms with E-state index in [-0.39, 0.29) is 54.3 Å². The molecule has 5 rings (SSSR count). The van der Waals surface area contributed by atoms with Gasteiger partial charge in [0.2, 0.25) is 11.8 Å². The van der Waals surface area contributed by atoms with Crippen LogP contribution in [0.25, 0.3) is 6.08 Å². The molecule has 2 aromatic carbocycles. The van der Waals surface area contributed by atoms with Crippen molar-refractivity contribution in [3.05, 3.63) is 125 Å². The summed E-state index contributed by atoms with van der Waals surface area (Å²) in [5, 5.41) is 28.5. The van der Waals surface area contributed by atoms with Crippen LogP contribution in [-0.2, 0) is 67.1 Å². The Labute approximate surface area is 474 Å². The van der Waals surface area contributed by atoms with Crippen LogP contribution in [0.3, 0.4) is 0 Å². The molecule has 0 aliphatic carbocycles. The minimum atomic E-state index is -1.18. The number of pyridine rings is 2. The number of carboxylic acids is 2. The Morgan fingerprint density at radius 1 is 0.637 bits per heavy atom. The molecule has 1 fully saturated rings. The van der Waals surface area contributed by atoms with Crippen molar-refractivity contribution in [1.82, 2.24) is 30.4 Å². The number of aromatic nitrogens is 2. The first-order valence-corrected chi connectivity index (χ1v) is 27.3. The number of carboxylic acid groups (broad SMARTS) is 2. The molecule has 0 bridgehead atoms. The molecule has 0 spiro atoms. The largest absolute Gasteiger partial charge is 0.477 e. The van der Waals surface area contributed by atoms with Gasteiger partial charge < -0.3 is 69.0 Å². The van der Waals surface area contributed by atoms with Crippen molar-refractivity contribution in [3.8, 4) is 0 Å². The number of hydrogen-bond donors (Lipinski definition) is 5. The number of carbonyl (C=O) groups excluding carboxylic acids is 2. The Bertz CT molecular complexity index is 2510. The lowest BCUT2D eigenvalue weighted by molar-refractivity contribution is -0.122. The molecule has 4 aromatic rings. The molecule has 1 saturated heterocycles. The number of para-hydroxylation sites is 1. The molecule has 23 heteroatoms. The standard InChI is InChI=1S/C57H78N8O14S/c1-3-45-10-6-7-14-52(45)65(41-46-11-5-4-9-44(46)2)54(67)15-17-58-53(66)16-23-72-29-35-78-37-38-79-36-30-73-24-18-59-57(80)62-48-39-49(61-51(40-48)56(70)71)43-64-21-27-76-33-31-74-25-19-63(20-26-75-32-34-77-28-22-64)42-47-12-8-13-50(60-47)55(68)69/h3-14,39-40H,1,15-38,41-43H2,2H3,(H,58,66)(H,68,69)(H,70,71)(H2,59,61,62,80). The number of benzene rings is 2. The lowest BCUT2D eigenvalue weighted by Crippen LogP contribution is -2.35. The van der Waals surface area contributed by atoms with E-state index in [0.717, 1.165) is 22.4 Å². The number of anilines is 2. The molecule has 1 aliphatic rings. The van der Waals surface area contributed by atoms with E-state index in [9.17, 15) is 29.4 Å². The van der Waals surface area contributed by atoms with Crippen molar-refractivity contribution in [2.24, 2.45) is 0 Å². The summed E-state index contributed by atoms with van der Waals surface area (Å²) in [7, 11) is 0. The second kappa shape index (κ2) is 38.3. The first-order valence-electron chi connectivity index (χ1n) is 26.9. The van der Waals surface area contributed by atoms with E-state index < -0.39 is 11.9 Å². The second-order valence-electron chi connectivity index (χ2n) is 18.2. The molecule has 5 N–H and O–H groups in total. The Hall–Kier alpha value is -6.35. The van der Waals surface area contributed by atoms with Gasteiger partial charge in [-0.15, -0.1) is 0 Å². The number of amides is 2. The Morgan fingerprint density at radius 3 is 1.79 bits per heavy atom. The van der Waals surface area contributed by atoms with Crippen LogP contribution in [0.2, 0.25) is 0 Å². The highest BCUT2D eigenvalue weighted by Gasteiger charge is 2.20. The minimum Gasteiger partial charge on any atom is -0.477 e. The normalized spacial score (nSPS) is 14.5. The summed E-state index contributed by atoms with van der Waals surface area (Å²) in [5.74, 6) is -2.56. The third-order valence-electron chi connectivity index (χ3n) is 12.2. The molecule has 22 nitrogen and oxygen atoms in total. The maximum absolute atomic E-state index is 13.5. The highest BCUT2D eigenvalue weighted by molar-refractivity contribution is 7.80. The van der Waals surface area contributed by atoms with Gasteiger partial charge in [-0.1, -0.05) is 61.2 Å². The van der Waals surface area contributed by atoms with Gasteiger partial charge in [0, 0.05) is 70.9 Å². The fourth-order valence-corrected chi connectivity index (χ4v) is 8.22. The van der Waals surface area contributed by atoms with E-state index in [0.29, 0.717) is 169 Å². The number of nitrogens with zero attached hydrogens (tertiary/aromatic N) is 5. The summed E-state index contributed by atoms with van der Waals surface area (Å²) in [5.41, 5.74) is 5.25. The van der Waals surface area contributed by atoms with Crippen LogP contribution in [0.15, 0.2) is 85.4 Å². The van der Waals surface area contributed by atoms with Gasteiger partial charge in [0.15, 0.2) is 10.8 Å². The Morgan fingerprint density at radius 2 is 1.19 bits per heavy atom. The Kier molecular flexibility index (Phi) is 30.9. The van der Waals surface area contributed by atoms with E-state index in [1.165, 1.54) is 12.1 Å². The highest BCUT2D eigenvalue weighted by atomic mass is 32.1. The quantitative estimate of drug-likeness (QED) is 0.0365. The van der Waals surface area contributed by atoms with Gasteiger partial charge in [0.1, 0.15) is 5.69 Å². The van der Waals surface area contributed by atoms with Crippen LogP contribution >= 0.6 is 12.2 Å². The molecule has 1 aliphatic heterocycles. The van der Waals surface area contributed by atoms with Gasteiger partial charge in [0.05, 0.1) is 129 Å². The van der Waals surface area contributed by atoms with Gasteiger partial charge >= 0.3 is 11.9 Å². The van der Waals surface area contributed by atoms with Crippen LogP contribution in [0.1, 0.15) is 61.9 Å². The smallest absolute Gasteiger partial charge is 0.354 e. The number of nitrogens with one attached hydrogen (secondary N) is 3. The minimum absolute atomic E-state index is 0.00233. The molecule has 3 heterocycles. The van der Waals surface area contributed by atoms with Gasteiger partial charge in [-0.05, 0) is 66.2 Å². The zero-order valence-corrected chi connectivity index (χ0v) is 46.6. The molecule has 2 amide bonds. The summed E-state index contributed by atoms with van der Waals surface area (Å²) < 4.78 is 45.8. The molecule has 0 radical (unpaired) electrons. The number of thiocarbonyl (C=S) groups is 1. The summed E-state index contributed by atoms with van der Waals surface area (Å²) in [6.07, 6.45) is 2.03. The van der Waals surface area contributed by atoms with Crippen LogP contribution in [0.5, 0.6) is 0 Å². The highest BCUT2D eigenvalue weighted by Crippen LogP contribution is 2.25. The van der Waals surface area contributed by atoms with Crippen LogP contribution in [0, 0.1) is 6.92 Å². The zero-order valence-electron chi connectivity index (χ0n) is 45.8. The summed E-state index contributed by atoms with van der Waals surface area (Å²) in [6, 6.07) is 23.7. The number of rotatable bonds is 29. The fourth-order valence-electron chi connectivity index (χ4n) is 8.00. The lowest BCUT2D eigenvalue weighted by Gasteiger charge is -2.26. The average Bonchev–Trinajstić information content (AvgIpc) is 3.46. The molecule has 436 valence electrons. The molecule has 0 saturated carbocycles. The van der Waals surface area contributed by atoms with E-state index in [1.54, 1.807) is 29.2 Å². The second-order valence-corrected chi connectivity index (χ2v) is 18.6. The van der Waals surface area contributed by atoms with Crippen LogP contribution < -0.4 is 20.9 Å². The van der Waals surface area contributed by atoms with Gasteiger partial charge in [0.25, 0.3) is 0 Å². The van der Waals surface area contributed by atoms with Crippen LogP contribution in [-0.4, -0.2) is 204 Å². The molecular weight excluding hydrogens is 1050 g/mol. The van der Waals surface area contributed by atoms with Crippen LogP contribution in [0.4, 0.5) is 11.4 Å². The first-order chi connectivity index (χ1) is 39.0. The lowest BCUT2D eigenvalue weighted by atomic mass is 10.1. The monoisotopic (exact) mass is 1130 g/mol. The third-order valence-corrected chi connectivity index (χ3v) is 12.5. The number of ether oxygens (including phenoxy) is 8. The first kappa shape index (κ1) is 64.5. The average molecular weight is 1130 g/mol. The van der Waals surface area contributed by atoms with Gasteiger partial charge in [-0.25, -0.2) is 19.6 Å². The predicted octanol–water partition coefficient (Wildman–Crippen LogP) is 4.69. The van der Waals surface area contributed by atoms with E-state index in [1.807, 2.05) is 55.5 Å². The SMILES string of the molecule is C=Cc1ccccc1N(Cc1ccccc1C)C(=O)CCNC(=O)CCOCCOCCOCCOCCNC(=S)Nc1cc(CN2CCOCCOCCN(Cc3cccc(C(=O)O)n3)CCOCCOCC2)nc(C(=O)O)c1. The van der Waals surface area contributed by atoms with Crippen molar-refractivity contribution in [1.29, 1.82) is 0 Å². The fraction of sp³-hybridized carbons (Fsp3) is 0.491. The number of carbonyl (C=O) groups is 4. The number of hydrogen-bond acceptors (Lipinski definition) is 17. The van der Waals surface area contributed by atoms with Crippen molar-refractivity contribution in [2.45, 2.75) is 39.4 Å². The summed E-state index contributed by atoms with van der Waals surface area (Å²) >= 11 is 5.49. The van der Waals surface area contributed by atoms with Gasteiger partial charge in [-0.3, -0.25) is 19.4 Å². The molecule has 0 atom stereocenters. The maximum atomic E-state index is 13.5. The predicted molar refractivity (Wildman–Crippen MR) is 305 cm³/mol. The molecule has 0 unspecified atom stereocenters. The number of aromatic carboxylic acids is 2. The van der Waals surface area contributed by atoms with Crippen molar-refractivity contribution in [3.63, 3.8) is 0 Å². The zero-order chi connectivity index (χ0) is 57.0. The van der Waals surface area contributed by atoms with Crippen molar-refractivity contribution >= 4 is 58.5 Å². The summed E-state index contributed by atoms with van der Waals surface area (Å²) in [6.45, 7) is 15.8. The topological polar surface area (TPSA) is 254 Å². The van der Waals surface area contributed by atoms with E-state index in [2.05, 4.69) is 42.3 Å². The third kappa shape index (κ3) is 25.8. The Balaban J connectivity index is 0.889. The van der Waals surface area contributed by atoms with Crippen molar-refractivity contribution < 1.29 is 67.3 Å². The molecular formula is C57H78N8O14S. The van der Waals surface area contributed by atoms with E-state index in [4.69, 9.17) is 50.1 Å².